The summed E-state index contributed by atoms with van der Waals surface area (Å²) < 4.78 is 40.4. The van der Waals surface area contributed by atoms with Crippen molar-refractivity contribution in [2.45, 2.75) is 31.4 Å². The fourth-order valence-electron chi connectivity index (χ4n) is 4.32. The van der Waals surface area contributed by atoms with Crippen molar-refractivity contribution >= 4 is 11.3 Å². The van der Waals surface area contributed by atoms with E-state index in [9.17, 15) is 18.0 Å². The highest BCUT2D eigenvalue weighted by Gasteiger charge is 2.49. The van der Waals surface area contributed by atoms with Crippen LogP contribution in [0.25, 0.3) is 16.8 Å². The molecule has 4 aromatic rings. The molecule has 2 aromatic carbocycles. The Morgan fingerprint density at radius 1 is 1.06 bits per heavy atom. The number of benzene rings is 2. The van der Waals surface area contributed by atoms with E-state index in [1.807, 2.05) is 31.2 Å². The maximum Gasteiger partial charge on any atom is 0.416 e. The first-order chi connectivity index (χ1) is 15.2. The van der Waals surface area contributed by atoms with E-state index >= 15 is 0 Å². The Morgan fingerprint density at radius 3 is 2.28 bits per heavy atom. The van der Waals surface area contributed by atoms with Crippen LogP contribution in [0.1, 0.15) is 35.2 Å². The Bertz CT molecular complexity index is 1360. The molecule has 2 N–H and O–H groups in total. The molecule has 0 bridgehead atoms. The minimum absolute atomic E-state index is 0.232. The maximum absolute atomic E-state index is 13.3. The molecule has 0 radical (unpaired) electrons. The fourth-order valence-corrected chi connectivity index (χ4v) is 4.32. The van der Waals surface area contributed by atoms with Crippen LogP contribution in [0.4, 0.5) is 18.9 Å². The Hall–Kier alpha value is -3.55. The molecular weight excluding hydrogens is 417 g/mol. The molecule has 0 atom stereocenters. The van der Waals surface area contributed by atoms with Crippen molar-refractivity contribution < 1.29 is 13.2 Å². The highest BCUT2D eigenvalue weighted by molar-refractivity contribution is 5.75. The first-order valence-electron chi connectivity index (χ1n) is 10.3. The number of rotatable bonds is 4. The van der Waals surface area contributed by atoms with Gasteiger partial charge < -0.3 is 5.32 Å². The molecule has 2 heterocycles. The second kappa shape index (κ2) is 6.98. The zero-order chi connectivity index (χ0) is 22.7. The smallest absolute Gasteiger partial charge is 0.384 e. The first-order valence-corrected chi connectivity index (χ1v) is 10.3. The van der Waals surface area contributed by atoms with E-state index in [1.165, 1.54) is 16.6 Å². The van der Waals surface area contributed by atoms with E-state index in [0.29, 0.717) is 16.9 Å². The quantitative estimate of drug-likeness (QED) is 0.464. The van der Waals surface area contributed by atoms with Crippen molar-refractivity contribution in [2.24, 2.45) is 0 Å². The van der Waals surface area contributed by atoms with E-state index in [4.69, 9.17) is 0 Å². The van der Waals surface area contributed by atoms with E-state index in [-0.39, 0.29) is 5.56 Å². The summed E-state index contributed by atoms with van der Waals surface area (Å²) in [6, 6.07) is 12.9. The number of aromatic amines is 1. The summed E-state index contributed by atoms with van der Waals surface area (Å²) in [6.07, 6.45) is -1.28. The number of halogens is 3. The molecule has 1 aliphatic rings. The van der Waals surface area contributed by atoms with E-state index in [0.717, 1.165) is 47.4 Å². The third kappa shape index (κ3) is 3.09. The summed E-state index contributed by atoms with van der Waals surface area (Å²) in [7, 11) is 1.75. The fraction of sp³-hybridized carbons (Fsp3) is 0.250. The zero-order valence-electron chi connectivity index (χ0n) is 17.5. The zero-order valence-corrected chi connectivity index (χ0v) is 17.5. The molecule has 32 heavy (non-hydrogen) atoms. The maximum atomic E-state index is 13.3. The SMILES string of the molecule is CNc1c(C2(c3ccc(C(F)(F)F)cc3)CC2)[nH]n2c(=O)c(-c3ccc(C)cc3)cnc12. The summed E-state index contributed by atoms with van der Waals surface area (Å²) >= 11 is 0. The lowest BCUT2D eigenvalue weighted by Gasteiger charge is -2.17. The van der Waals surface area contributed by atoms with Gasteiger partial charge in [0, 0.05) is 18.7 Å². The molecule has 0 spiro atoms. The lowest BCUT2D eigenvalue weighted by molar-refractivity contribution is -0.137. The number of nitrogens with one attached hydrogen (secondary N) is 2. The van der Waals surface area contributed by atoms with Gasteiger partial charge in [0.15, 0.2) is 5.65 Å². The monoisotopic (exact) mass is 438 g/mol. The molecule has 0 unspecified atom stereocenters. The van der Waals surface area contributed by atoms with Crippen LogP contribution in [-0.4, -0.2) is 21.6 Å². The van der Waals surface area contributed by atoms with Crippen molar-refractivity contribution in [3.63, 3.8) is 0 Å². The van der Waals surface area contributed by atoms with Crippen LogP contribution in [0.5, 0.6) is 0 Å². The standard InChI is InChI=1S/C24H21F3N4O/c1-14-3-5-15(6-4-14)18-13-29-21-19(28-2)20(30-31(21)22(18)32)23(11-12-23)16-7-9-17(10-8-16)24(25,26)27/h3-10,13,28,30H,11-12H2,1-2H3. The van der Waals surface area contributed by atoms with Gasteiger partial charge in [-0.2, -0.15) is 17.7 Å². The van der Waals surface area contributed by atoms with E-state index in [2.05, 4.69) is 15.4 Å². The third-order valence-electron chi connectivity index (χ3n) is 6.26. The molecule has 2 aromatic heterocycles. The summed E-state index contributed by atoms with van der Waals surface area (Å²) in [5.74, 6) is 0. The van der Waals surface area contributed by atoms with Gasteiger partial charge in [-0.1, -0.05) is 42.0 Å². The number of fused-ring (bicyclic) bond motifs is 1. The van der Waals surface area contributed by atoms with Crippen molar-refractivity contribution in [3.05, 3.63) is 87.5 Å². The molecule has 0 aliphatic heterocycles. The number of aromatic nitrogens is 3. The van der Waals surface area contributed by atoms with Crippen molar-refractivity contribution in [1.82, 2.24) is 14.6 Å². The van der Waals surface area contributed by atoms with Crippen molar-refractivity contribution in [1.29, 1.82) is 0 Å². The minimum Gasteiger partial charge on any atom is -0.384 e. The molecule has 0 saturated heterocycles. The van der Waals surface area contributed by atoms with Crippen LogP contribution >= 0.6 is 0 Å². The topological polar surface area (TPSA) is 62.2 Å². The highest BCUT2D eigenvalue weighted by atomic mass is 19.4. The van der Waals surface area contributed by atoms with E-state index in [1.54, 1.807) is 13.2 Å². The van der Waals surface area contributed by atoms with Crippen LogP contribution in [0, 0.1) is 6.92 Å². The van der Waals surface area contributed by atoms with Crippen LogP contribution in [0.2, 0.25) is 0 Å². The van der Waals surface area contributed by atoms with Gasteiger partial charge in [-0.05, 0) is 43.0 Å². The predicted octanol–water partition coefficient (Wildman–Crippen LogP) is 5.14. The average molecular weight is 438 g/mol. The number of nitrogens with zero attached hydrogens (tertiary/aromatic N) is 2. The molecule has 5 nitrogen and oxygen atoms in total. The summed E-state index contributed by atoms with van der Waals surface area (Å²) in [5, 5.41) is 6.34. The summed E-state index contributed by atoms with van der Waals surface area (Å²) in [4.78, 5) is 17.8. The lowest BCUT2D eigenvalue weighted by atomic mass is 9.91. The van der Waals surface area contributed by atoms with Gasteiger partial charge >= 0.3 is 6.18 Å². The molecular formula is C24H21F3N4O. The molecule has 1 fully saturated rings. The van der Waals surface area contributed by atoms with Gasteiger partial charge in [0.25, 0.3) is 5.56 Å². The number of alkyl halides is 3. The Balaban J connectivity index is 1.64. The molecule has 8 heteroatoms. The average Bonchev–Trinajstić information content (AvgIpc) is 3.49. The van der Waals surface area contributed by atoms with Gasteiger partial charge in [0.2, 0.25) is 0 Å². The molecule has 5 rings (SSSR count). The minimum atomic E-state index is -4.38. The van der Waals surface area contributed by atoms with Gasteiger partial charge in [-0.15, -0.1) is 0 Å². The summed E-state index contributed by atoms with van der Waals surface area (Å²) in [6.45, 7) is 1.98. The molecule has 1 saturated carbocycles. The Morgan fingerprint density at radius 2 is 1.72 bits per heavy atom. The first kappa shape index (κ1) is 20.4. The predicted molar refractivity (Wildman–Crippen MR) is 117 cm³/mol. The number of hydrogen-bond acceptors (Lipinski definition) is 3. The Kier molecular flexibility index (Phi) is 4.44. The van der Waals surface area contributed by atoms with Gasteiger partial charge in [0.1, 0.15) is 5.69 Å². The molecule has 164 valence electrons. The normalized spacial score (nSPS) is 15.2. The molecule has 1 aliphatic carbocycles. The second-order valence-electron chi connectivity index (χ2n) is 8.27. The summed E-state index contributed by atoms with van der Waals surface area (Å²) in [5.41, 5.74) is 3.61. The number of H-pyrrole nitrogens is 1. The van der Waals surface area contributed by atoms with Crippen LogP contribution in [0.15, 0.2) is 59.5 Å². The Labute approximate surface area is 181 Å². The van der Waals surface area contributed by atoms with Crippen molar-refractivity contribution in [2.75, 3.05) is 12.4 Å². The molecule has 0 amide bonds. The highest BCUT2D eigenvalue weighted by Crippen LogP contribution is 2.55. The van der Waals surface area contributed by atoms with E-state index < -0.39 is 17.2 Å². The number of hydrogen-bond donors (Lipinski definition) is 2. The second-order valence-corrected chi connectivity index (χ2v) is 8.27. The van der Waals surface area contributed by atoms with Crippen LogP contribution in [-0.2, 0) is 11.6 Å². The van der Waals surface area contributed by atoms with Gasteiger partial charge in [-0.3, -0.25) is 9.89 Å². The van der Waals surface area contributed by atoms with Crippen LogP contribution in [0.3, 0.4) is 0 Å². The van der Waals surface area contributed by atoms with Crippen molar-refractivity contribution in [3.8, 4) is 11.1 Å². The number of aryl methyl sites for hydroxylation is 1. The third-order valence-corrected chi connectivity index (χ3v) is 6.26. The lowest BCUT2D eigenvalue weighted by Crippen LogP contribution is -2.18. The van der Waals surface area contributed by atoms with Crippen LogP contribution < -0.4 is 10.9 Å². The largest absolute Gasteiger partial charge is 0.416 e. The number of anilines is 1. The van der Waals surface area contributed by atoms with Gasteiger partial charge in [-0.25, -0.2) is 4.98 Å². The van der Waals surface area contributed by atoms with Gasteiger partial charge in [0.05, 0.1) is 16.8 Å².